The Morgan fingerprint density at radius 1 is 1.32 bits per heavy atom. The average molecular weight is 260 g/mol. The van der Waals surface area contributed by atoms with Gasteiger partial charge in [0.15, 0.2) is 0 Å². The molecule has 1 aliphatic heterocycles. The van der Waals surface area contributed by atoms with E-state index in [1.165, 1.54) is 49.9 Å². The Labute approximate surface area is 115 Å². The number of fused-ring (bicyclic) bond motifs is 1. The highest BCUT2D eigenvalue weighted by Gasteiger charge is 2.31. The summed E-state index contributed by atoms with van der Waals surface area (Å²) < 4.78 is 5.39. The summed E-state index contributed by atoms with van der Waals surface area (Å²) in [6, 6.07) is 7.84. The lowest BCUT2D eigenvalue weighted by Gasteiger charge is -2.37. The van der Waals surface area contributed by atoms with Gasteiger partial charge in [-0.1, -0.05) is 6.07 Å². The molecule has 0 aromatic heterocycles. The van der Waals surface area contributed by atoms with Gasteiger partial charge in [-0.2, -0.15) is 0 Å². The van der Waals surface area contributed by atoms with Crippen LogP contribution in [0.4, 0.5) is 0 Å². The first-order valence-corrected chi connectivity index (χ1v) is 7.40. The van der Waals surface area contributed by atoms with Crippen molar-refractivity contribution < 1.29 is 4.74 Å². The third kappa shape index (κ3) is 2.49. The van der Waals surface area contributed by atoms with Crippen molar-refractivity contribution in [3.05, 3.63) is 29.3 Å². The molecule has 3 heteroatoms. The number of hydrogen-bond donors (Lipinski definition) is 1. The summed E-state index contributed by atoms with van der Waals surface area (Å²) in [5.41, 5.74) is 3.01. The largest absolute Gasteiger partial charge is 0.497 e. The molecule has 1 heterocycles. The van der Waals surface area contributed by atoms with E-state index in [1.807, 2.05) is 0 Å². The zero-order valence-corrected chi connectivity index (χ0v) is 12.0. The average Bonchev–Trinajstić information content (AvgIpc) is 2.90. The second-order valence-corrected chi connectivity index (χ2v) is 5.74. The zero-order chi connectivity index (χ0) is 13.2. The molecule has 0 bridgehead atoms. The minimum Gasteiger partial charge on any atom is -0.497 e. The minimum atomic E-state index is 0.598. The fourth-order valence-corrected chi connectivity index (χ4v) is 3.59. The predicted octanol–water partition coefficient (Wildman–Crippen LogP) is 2.37. The molecule has 0 saturated carbocycles. The Hall–Kier alpha value is -1.06. The number of hydrogen-bond acceptors (Lipinski definition) is 3. The van der Waals surface area contributed by atoms with Crippen LogP contribution in [0.2, 0.25) is 0 Å². The molecule has 3 rings (SSSR count). The number of rotatable bonds is 3. The van der Waals surface area contributed by atoms with Crippen LogP contribution < -0.4 is 10.1 Å². The first-order chi connectivity index (χ1) is 9.31. The summed E-state index contributed by atoms with van der Waals surface area (Å²) >= 11 is 0. The molecule has 3 nitrogen and oxygen atoms in total. The van der Waals surface area contributed by atoms with Crippen LogP contribution in [0.1, 0.15) is 36.4 Å². The van der Waals surface area contributed by atoms with Crippen LogP contribution in [0.15, 0.2) is 18.2 Å². The van der Waals surface area contributed by atoms with Crippen molar-refractivity contribution in [3.8, 4) is 5.75 Å². The predicted molar refractivity (Wildman–Crippen MR) is 77.7 cm³/mol. The van der Waals surface area contributed by atoms with E-state index in [0.29, 0.717) is 12.1 Å². The molecule has 1 aromatic rings. The fourth-order valence-electron chi connectivity index (χ4n) is 3.59. The maximum Gasteiger partial charge on any atom is 0.119 e. The third-order valence-corrected chi connectivity index (χ3v) is 4.70. The highest BCUT2D eigenvalue weighted by molar-refractivity contribution is 5.40. The number of nitrogens with one attached hydrogen (secondary N) is 1. The molecule has 0 spiro atoms. The van der Waals surface area contributed by atoms with Crippen LogP contribution in [0.3, 0.4) is 0 Å². The molecule has 2 atom stereocenters. The van der Waals surface area contributed by atoms with Gasteiger partial charge in [0.05, 0.1) is 7.11 Å². The number of likely N-dealkylation sites (N-methyl/N-ethyl adjacent to an activating group) is 1. The van der Waals surface area contributed by atoms with Gasteiger partial charge in [-0.05, 0) is 62.5 Å². The van der Waals surface area contributed by atoms with Crippen molar-refractivity contribution in [2.24, 2.45) is 0 Å². The summed E-state index contributed by atoms with van der Waals surface area (Å²) in [4.78, 5) is 2.66. The summed E-state index contributed by atoms with van der Waals surface area (Å²) in [5.74, 6) is 0.993. The molecule has 0 radical (unpaired) electrons. The Balaban J connectivity index is 1.81. The molecule has 2 aliphatic rings. The van der Waals surface area contributed by atoms with Crippen LogP contribution in [0, 0.1) is 0 Å². The van der Waals surface area contributed by atoms with Gasteiger partial charge in [0, 0.05) is 18.6 Å². The number of methoxy groups -OCH3 is 1. The first kappa shape index (κ1) is 12.9. The SMILES string of the molecule is CNC1CCCN(C2CCc3ccc(OC)cc32)C1. The molecule has 1 N–H and O–H groups in total. The van der Waals surface area contributed by atoms with E-state index in [4.69, 9.17) is 4.74 Å². The van der Waals surface area contributed by atoms with E-state index in [1.54, 1.807) is 7.11 Å². The second kappa shape index (κ2) is 5.51. The molecular weight excluding hydrogens is 236 g/mol. The second-order valence-electron chi connectivity index (χ2n) is 5.74. The van der Waals surface area contributed by atoms with Crippen molar-refractivity contribution in [2.45, 2.75) is 37.8 Å². The van der Waals surface area contributed by atoms with E-state index in [0.717, 1.165) is 5.75 Å². The van der Waals surface area contributed by atoms with E-state index >= 15 is 0 Å². The molecular formula is C16H24N2O. The van der Waals surface area contributed by atoms with Gasteiger partial charge in [-0.3, -0.25) is 4.90 Å². The molecule has 0 amide bonds. The first-order valence-electron chi connectivity index (χ1n) is 7.40. The third-order valence-electron chi connectivity index (χ3n) is 4.70. The van der Waals surface area contributed by atoms with Gasteiger partial charge < -0.3 is 10.1 Å². The Kier molecular flexibility index (Phi) is 3.76. The van der Waals surface area contributed by atoms with Crippen LogP contribution >= 0.6 is 0 Å². The van der Waals surface area contributed by atoms with Crippen molar-refractivity contribution in [1.29, 1.82) is 0 Å². The molecule has 2 unspecified atom stereocenters. The summed E-state index contributed by atoms with van der Waals surface area (Å²) in [5, 5.41) is 3.44. The molecule has 1 aliphatic carbocycles. The highest BCUT2D eigenvalue weighted by atomic mass is 16.5. The quantitative estimate of drug-likeness (QED) is 0.903. The van der Waals surface area contributed by atoms with E-state index in [9.17, 15) is 0 Å². The lowest BCUT2D eigenvalue weighted by atomic mass is 10.0. The van der Waals surface area contributed by atoms with Crippen molar-refractivity contribution in [2.75, 3.05) is 27.2 Å². The van der Waals surface area contributed by atoms with Gasteiger partial charge in [-0.15, -0.1) is 0 Å². The topological polar surface area (TPSA) is 24.5 Å². The molecule has 1 saturated heterocycles. The van der Waals surface area contributed by atoms with Gasteiger partial charge in [0.25, 0.3) is 0 Å². The number of benzene rings is 1. The summed E-state index contributed by atoms with van der Waals surface area (Å²) in [6.45, 7) is 2.41. The van der Waals surface area contributed by atoms with Crippen molar-refractivity contribution in [3.63, 3.8) is 0 Å². The fraction of sp³-hybridized carbons (Fsp3) is 0.625. The van der Waals surface area contributed by atoms with Crippen LogP contribution in [-0.2, 0) is 6.42 Å². The molecule has 1 aromatic carbocycles. The number of aryl methyl sites for hydroxylation is 1. The van der Waals surface area contributed by atoms with Gasteiger partial charge in [-0.25, -0.2) is 0 Å². The maximum absolute atomic E-state index is 5.39. The van der Waals surface area contributed by atoms with Crippen LogP contribution in [0.5, 0.6) is 5.75 Å². The summed E-state index contributed by atoms with van der Waals surface area (Å²) in [7, 11) is 3.84. The van der Waals surface area contributed by atoms with Gasteiger partial charge >= 0.3 is 0 Å². The number of likely N-dealkylation sites (tertiary alicyclic amines) is 1. The standard InChI is InChI=1S/C16H24N2O/c1-17-13-4-3-9-18(11-13)16-8-6-12-5-7-14(19-2)10-15(12)16/h5,7,10,13,16-17H,3-4,6,8-9,11H2,1-2H3. The molecule has 19 heavy (non-hydrogen) atoms. The smallest absolute Gasteiger partial charge is 0.119 e. The lowest BCUT2D eigenvalue weighted by Crippen LogP contribution is -2.45. The Morgan fingerprint density at radius 2 is 2.21 bits per heavy atom. The molecule has 1 fully saturated rings. The number of piperidine rings is 1. The van der Waals surface area contributed by atoms with Gasteiger partial charge in [0.1, 0.15) is 5.75 Å². The molecule has 104 valence electrons. The van der Waals surface area contributed by atoms with Gasteiger partial charge in [0.2, 0.25) is 0 Å². The number of nitrogens with zero attached hydrogens (tertiary/aromatic N) is 1. The van der Waals surface area contributed by atoms with Crippen molar-refractivity contribution >= 4 is 0 Å². The Bertz CT molecular complexity index is 446. The monoisotopic (exact) mass is 260 g/mol. The van der Waals surface area contributed by atoms with E-state index in [-0.39, 0.29) is 0 Å². The van der Waals surface area contributed by atoms with Crippen LogP contribution in [0.25, 0.3) is 0 Å². The highest BCUT2D eigenvalue weighted by Crippen LogP contribution is 2.38. The maximum atomic E-state index is 5.39. The van der Waals surface area contributed by atoms with Crippen LogP contribution in [-0.4, -0.2) is 38.2 Å². The minimum absolute atomic E-state index is 0.598. The van der Waals surface area contributed by atoms with E-state index in [2.05, 4.69) is 35.5 Å². The number of ether oxygens (including phenoxy) is 1. The van der Waals surface area contributed by atoms with E-state index < -0.39 is 0 Å². The lowest BCUT2D eigenvalue weighted by molar-refractivity contribution is 0.139. The Morgan fingerprint density at radius 3 is 3.00 bits per heavy atom. The zero-order valence-electron chi connectivity index (χ0n) is 12.0. The summed E-state index contributed by atoms with van der Waals surface area (Å²) in [6.07, 6.45) is 5.09. The normalized spacial score (nSPS) is 27.3. The van der Waals surface area contributed by atoms with Crippen molar-refractivity contribution in [1.82, 2.24) is 10.2 Å².